The highest BCUT2D eigenvalue weighted by molar-refractivity contribution is 6.07. The Morgan fingerprint density at radius 3 is 2.90 bits per heavy atom. The fraction of sp³-hybridized carbons (Fsp3) is 0.208. The Bertz CT molecular complexity index is 1170. The van der Waals surface area contributed by atoms with E-state index in [-0.39, 0.29) is 13.2 Å². The minimum Gasteiger partial charge on any atom is -0.465 e. The molecule has 0 atom stereocenters. The molecule has 0 radical (unpaired) electrons. The van der Waals surface area contributed by atoms with Crippen molar-refractivity contribution in [3.05, 3.63) is 65.2 Å². The number of para-hydroxylation sites is 1. The first-order chi connectivity index (χ1) is 14.7. The van der Waals surface area contributed by atoms with Crippen molar-refractivity contribution >= 4 is 34.4 Å². The molecule has 0 bridgehead atoms. The molecular weight excluding hydrogens is 380 g/mol. The summed E-state index contributed by atoms with van der Waals surface area (Å²) < 4.78 is 10.8. The fourth-order valence-electron chi connectivity index (χ4n) is 3.66. The molecule has 1 amide bonds. The maximum atomic E-state index is 13.0. The van der Waals surface area contributed by atoms with E-state index in [4.69, 9.17) is 20.6 Å². The van der Waals surface area contributed by atoms with Gasteiger partial charge in [-0.2, -0.15) is 0 Å². The first kappa shape index (κ1) is 19.5. The molecule has 0 unspecified atom stereocenters. The molecule has 0 saturated carbocycles. The van der Waals surface area contributed by atoms with E-state index < -0.39 is 11.9 Å². The zero-order chi connectivity index (χ0) is 20.9. The molecule has 0 spiro atoms. The zero-order valence-electron chi connectivity index (χ0n) is 16.3. The lowest BCUT2D eigenvalue weighted by Gasteiger charge is -2.22. The largest absolute Gasteiger partial charge is 0.465 e. The summed E-state index contributed by atoms with van der Waals surface area (Å²) in [6.07, 6.45) is 11.1. The van der Waals surface area contributed by atoms with Crippen LogP contribution in [0.25, 0.3) is 22.6 Å². The highest BCUT2D eigenvalue weighted by Gasteiger charge is 2.26. The molecule has 2 aromatic heterocycles. The number of nitrogens with one attached hydrogen (secondary N) is 1. The van der Waals surface area contributed by atoms with Gasteiger partial charge in [0.2, 0.25) is 0 Å². The van der Waals surface area contributed by atoms with Gasteiger partial charge in [-0.25, -0.2) is 9.78 Å². The van der Waals surface area contributed by atoms with Crippen molar-refractivity contribution < 1.29 is 18.7 Å². The van der Waals surface area contributed by atoms with Gasteiger partial charge >= 0.3 is 5.97 Å². The summed E-state index contributed by atoms with van der Waals surface area (Å²) in [7, 11) is 0. The van der Waals surface area contributed by atoms with Crippen molar-refractivity contribution in [1.82, 2.24) is 10.3 Å². The lowest BCUT2D eigenvalue weighted by Crippen LogP contribution is -2.29. The van der Waals surface area contributed by atoms with Crippen LogP contribution in [0.15, 0.2) is 47.1 Å². The SMILES string of the molecule is C#CCNC(=O)COC(=O)c1c2c(nc3ccccc13)/C(=C\c1ccco1)CCC2. The summed E-state index contributed by atoms with van der Waals surface area (Å²) in [6, 6.07) is 11.2. The second-order valence-corrected chi connectivity index (χ2v) is 6.93. The third-order valence-electron chi connectivity index (χ3n) is 4.96. The Morgan fingerprint density at radius 1 is 1.23 bits per heavy atom. The standard InChI is InChI=1S/C24H20N2O4/c1-2-12-25-21(27)15-30-24(28)22-18-9-3-4-11-20(18)26-23-16(7-5-10-19(22)23)14-17-8-6-13-29-17/h1,3-4,6,8-9,11,13-14H,5,7,10,12,15H2,(H,25,27)/b16-14-. The average Bonchev–Trinajstić information content (AvgIpc) is 3.28. The Labute approximate surface area is 173 Å². The van der Waals surface area contributed by atoms with Gasteiger partial charge in [0, 0.05) is 5.39 Å². The first-order valence-corrected chi connectivity index (χ1v) is 9.70. The Balaban J connectivity index is 1.75. The number of rotatable bonds is 5. The molecule has 1 aliphatic carbocycles. The number of hydrogen-bond donors (Lipinski definition) is 1. The number of fused-ring (bicyclic) bond motifs is 2. The third-order valence-corrected chi connectivity index (χ3v) is 4.96. The number of amides is 1. The Hall–Kier alpha value is -3.85. The van der Waals surface area contributed by atoms with Gasteiger partial charge in [-0.05, 0) is 54.7 Å². The van der Waals surface area contributed by atoms with Crippen molar-refractivity contribution in [3.63, 3.8) is 0 Å². The second-order valence-electron chi connectivity index (χ2n) is 6.93. The Morgan fingerprint density at radius 2 is 2.10 bits per heavy atom. The smallest absolute Gasteiger partial charge is 0.339 e. The molecule has 1 N–H and O–H groups in total. The van der Waals surface area contributed by atoms with Gasteiger partial charge in [-0.15, -0.1) is 6.42 Å². The van der Waals surface area contributed by atoms with Gasteiger partial charge in [0.05, 0.1) is 29.6 Å². The fourth-order valence-corrected chi connectivity index (χ4v) is 3.66. The van der Waals surface area contributed by atoms with Gasteiger partial charge < -0.3 is 14.5 Å². The summed E-state index contributed by atoms with van der Waals surface area (Å²) in [5.41, 5.74) is 3.79. The van der Waals surface area contributed by atoms with Crippen molar-refractivity contribution in [3.8, 4) is 12.3 Å². The minimum absolute atomic E-state index is 0.0882. The molecular formula is C24H20N2O4. The van der Waals surface area contributed by atoms with Gasteiger partial charge in [0.1, 0.15) is 5.76 Å². The molecule has 6 nitrogen and oxygen atoms in total. The number of nitrogens with zero attached hydrogens (tertiary/aromatic N) is 1. The van der Waals surface area contributed by atoms with Crippen LogP contribution >= 0.6 is 0 Å². The maximum absolute atomic E-state index is 13.0. The van der Waals surface area contributed by atoms with E-state index in [1.807, 2.05) is 42.5 Å². The number of benzene rings is 1. The molecule has 150 valence electrons. The normalized spacial score (nSPS) is 14.2. The molecule has 4 rings (SSSR count). The number of ether oxygens (including phenoxy) is 1. The monoisotopic (exact) mass is 400 g/mol. The zero-order valence-corrected chi connectivity index (χ0v) is 16.3. The van der Waals surface area contributed by atoms with Crippen molar-refractivity contribution in [2.24, 2.45) is 0 Å². The second kappa shape index (κ2) is 8.66. The summed E-state index contributed by atoms with van der Waals surface area (Å²) in [5.74, 6) is 2.07. The Kier molecular flexibility index (Phi) is 5.62. The number of esters is 1. The number of pyridine rings is 1. The number of carbonyl (C=O) groups is 2. The van der Waals surface area contributed by atoms with E-state index in [2.05, 4.69) is 11.2 Å². The quantitative estimate of drug-likeness (QED) is 0.523. The van der Waals surface area contributed by atoms with Gasteiger partial charge in [0.25, 0.3) is 5.91 Å². The van der Waals surface area contributed by atoms with Crippen molar-refractivity contribution in [2.75, 3.05) is 13.2 Å². The van der Waals surface area contributed by atoms with Crippen LogP contribution in [0, 0.1) is 12.3 Å². The topological polar surface area (TPSA) is 81.4 Å². The number of hydrogen-bond acceptors (Lipinski definition) is 5. The van der Waals surface area contributed by atoms with E-state index in [1.165, 1.54) is 0 Å². The van der Waals surface area contributed by atoms with E-state index >= 15 is 0 Å². The van der Waals surface area contributed by atoms with E-state index in [0.717, 1.165) is 35.4 Å². The number of allylic oxidation sites excluding steroid dienone is 1. The molecule has 0 aliphatic heterocycles. The molecule has 6 heteroatoms. The highest BCUT2D eigenvalue weighted by Crippen LogP contribution is 2.36. The first-order valence-electron chi connectivity index (χ1n) is 9.70. The summed E-state index contributed by atoms with van der Waals surface area (Å²) >= 11 is 0. The summed E-state index contributed by atoms with van der Waals surface area (Å²) in [4.78, 5) is 29.7. The number of terminal acetylenes is 1. The average molecular weight is 400 g/mol. The summed E-state index contributed by atoms with van der Waals surface area (Å²) in [6.45, 7) is -0.300. The predicted octanol–water partition coefficient (Wildman–Crippen LogP) is 3.61. The van der Waals surface area contributed by atoms with Crippen LogP contribution in [0.2, 0.25) is 0 Å². The number of furan rings is 1. The minimum atomic E-state index is -0.542. The van der Waals surface area contributed by atoms with Crippen molar-refractivity contribution in [2.45, 2.75) is 19.3 Å². The molecule has 1 aromatic carbocycles. The molecule has 3 aromatic rings. The maximum Gasteiger partial charge on any atom is 0.339 e. The van der Waals surface area contributed by atoms with Crippen LogP contribution < -0.4 is 5.32 Å². The molecule has 1 aliphatic rings. The highest BCUT2D eigenvalue weighted by atomic mass is 16.5. The summed E-state index contributed by atoms with van der Waals surface area (Å²) in [5, 5.41) is 3.20. The molecule has 0 fully saturated rings. The third kappa shape index (κ3) is 3.96. The van der Waals surface area contributed by atoms with E-state index in [1.54, 1.807) is 6.26 Å². The predicted molar refractivity (Wildman–Crippen MR) is 113 cm³/mol. The van der Waals surface area contributed by atoms with Crippen LogP contribution in [0.1, 0.15) is 40.2 Å². The van der Waals surface area contributed by atoms with Crippen molar-refractivity contribution in [1.29, 1.82) is 0 Å². The molecule has 0 saturated heterocycles. The van der Waals surface area contributed by atoms with Gasteiger partial charge in [-0.1, -0.05) is 24.1 Å². The van der Waals surface area contributed by atoms with Crippen LogP contribution in [-0.2, 0) is 16.0 Å². The van der Waals surface area contributed by atoms with Gasteiger partial charge in [-0.3, -0.25) is 4.79 Å². The van der Waals surface area contributed by atoms with Crippen LogP contribution in [0.3, 0.4) is 0 Å². The molecule has 30 heavy (non-hydrogen) atoms. The van der Waals surface area contributed by atoms with Crippen LogP contribution in [-0.4, -0.2) is 30.0 Å². The number of aromatic nitrogens is 1. The molecule has 2 heterocycles. The van der Waals surface area contributed by atoms with Crippen LogP contribution in [0.5, 0.6) is 0 Å². The lowest BCUT2D eigenvalue weighted by molar-refractivity contribution is -0.123. The van der Waals surface area contributed by atoms with E-state index in [0.29, 0.717) is 22.9 Å². The van der Waals surface area contributed by atoms with Crippen LogP contribution in [0.4, 0.5) is 0 Å². The van der Waals surface area contributed by atoms with Gasteiger partial charge in [0.15, 0.2) is 6.61 Å². The number of carbonyl (C=O) groups excluding carboxylic acids is 2. The lowest BCUT2D eigenvalue weighted by atomic mass is 9.86. The van der Waals surface area contributed by atoms with E-state index in [9.17, 15) is 9.59 Å².